The third kappa shape index (κ3) is 2.33. The first-order valence-electron chi connectivity index (χ1n) is 7.98. The van der Waals surface area contributed by atoms with Gasteiger partial charge in [-0.05, 0) is 38.0 Å². The molecule has 1 unspecified atom stereocenters. The minimum atomic E-state index is -0.266. The topological polar surface area (TPSA) is 78.7 Å². The lowest BCUT2D eigenvalue weighted by Gasteiger charge is -2.40. The van der Waals surface area contributed by atoms with Gasteiger partial charge in [-0.1, -0.05) is 5.16 Å². The van der Waals surface area contributed by atoms with E-state index in [4.69, 9.17) is 4.52 Å². The molecule has 2 amide bonds. The molecule has 1 aromatic carbocycles. The Bertz CT molecular complexity index is 798. The van der Waals surface area contributed by atoms with Crippen LogP contribution in [-0.2, 0) is 4.79 Å². The van der Waals surface area contributed by atoms with Gasteiger partial charge in [0.25, 0.3) is 5.91 Å². The molecule has 1 saturated carbocycles. The predicted molar refractivity (Wildman–Crippen MR) is 89.3 cm³/mol. The number of amides is 2. The van der Waals surface area contributed by atoms with Gasteiger partial charge in [0.05, 0.1) is 17.6 Å². The van der Waals surface area contributed by atoms with Gasteiger partial charge in [-0.25, -0.2) is 0 Å². The van der Waals surface area contributed by atoms with Crippen LogP contribution in [0, 0.1) is 0 Å². The summed E-state index contributed by atoms with van der Waals surface area (Å²) in [6, 6.07) is 7.13. The minimum absolute atomic E-state index is 0.0771. The molecule has 7 nitrogen and oxygen atoms in total. The summed E-state index contributed by atoms with van der Waals surface area (Å²) in [5.41, 5.74) is 2.28. The highest BCUT2D eigenvalue weighted by Gasteiger charge is 2.41. The Morgan fingerprint density at radius 2 is 2.08 bits per heavy atom. The van der Waals surface area contributed by atoms with Crippen molar-refractivity contribution in [3.8, 4) is 0 Å². The van der Waals surface area contributed by atoms with Crippen LogP contribution in [0.5, 0.6) is 0 Å². The van der Waals surface area contributed by atoms with Gasteiger partial charge in [-0.15, -0.1) is 0 Å². The molecular weight excluding hydrogens is 308 g/mol. The van der Waals surface area contributed by atoms with Crippen LogP contribution in [0.1, 0.15) is 30.1 Å². The van der Waals surface area contributed by atoms with E-state index in [0.717, 1.165) is 24.2 Å². The predicted octanol–water partition coefficient (Wildman–Crippen LogP) is 2.26. The van der Waals surface area contributed by atoms with E-state index in [1.54, 1.807) is 24.1 Å². The Labute approximate surface area is 139 Å². The van der Waals surface area contributed by atoms with Crippen LogP contribution >= 0.6 is 0 Å². The first-order valence-corrected chi connectivity index (χ1v) is 7.98. The lowest BCUT2D eigenvalue weighted by Crippen LogP contribution is -2.51. The standard InChI is InChI=1S/C17H18N4O3/c1-10-17(23)20(2)13-6-3-11(9-14(13)21(10)12-4-5-12)16(22)19-15-7-8-18-24-15/h3,6-10,12H,4-5H2,1-2H3,(H,19,22). The van der Waals surface area contributed by atoms with Crippen LogP contribution in [0.15, 0.2) is 35.0 Å². The Kier molecular flexibility index (Phi) is 3.30. The second-order valence-corrected chi connectivity index (χ2v) is 6.25. The fourth-order valence-corrected chi connectivity index (χ4v) is 3.21. The van der Waals surface area contributed by atoms with Crippen molar-refractivity contribution in [2.45, 2.75) is 31.8 Å². The number of benzene rings is 1. The van der Waals surface area contributed by atoms with Crippen molar-refractivity contribution >= 4 is 29.1 Å². The maximum Gasteiger partial charge on any atom is 0.258 e. The summed E-state index contributed by atoms with van der Waals surface area (Å²) in [5, 5.41) is 6.24. The largest absolute Gasteiger partial charge is 0.355 e. The average molecular weight is 326 g/mol. The molecule has 124 valence electrons. The van der Waals surface area contributed by atoms with E-state index in [0.29, 0.717) is 17.5 Å². The van der Waals surface area contributed by atoms with Crippen LogP contribution in [0.3, 0.4) is 0 Å². The van der Waals surface area contributed by atoms with Crippen molar-refractivity contribution in [2.75, 3.05) is 22.2 Å². The number of hydrogen-bond acceptors (Lipinski definition) is 5. The molecule has 2 heterocycles. The molecule has 7 heteroatoms. The molecule has 24 heavy (non-hydrogen) atoms. The van der Waals surface area contributed by atoms with E-state index in [1.165, 1.54) is 6.20 Å². The molecule has 1 atom stereocenters. The lowest BCUT2D eigenvalue weighted by molar-refractivity contribution is -0.119. The van der Waals surface area contributed by atoms with E-state index in [1.807, 2.05) is 19.1 Å². The zero-order valence-electron chi connectivity index (χ0n) is 13.5. The van der Waals surface area contributed by atoms with Crippen molar-refractivity contribution in [2.24, 2.45) is 0 Å². The number of aromatic nitrogens is 1. The van der Waals surface area contributed by atoms with Crippen molar-refractivity contribution < 1.29 is 14.1 Å². The van der Waals surface area contributed by atoms with Crippen molar-refractivity contribution in [1.82, 2.24) is 5.16 Å². The van der Waals surface area contributed by atoms with E-state index < -0.39 is 0 Å². The normalized spacial score (nSPS) is 20.1. The van der Waals surface area contributed by atoms with Gasteiger partial charge in [0.2, 0.25) is 11.8 Å². The summed E-state index contributed by atoms with van der Waals surface area (Å²) >= 11 is 0. The molecular formula is C17H18N4O3. The highest BCUT2D eigenvalue weighted by atomic mass is 16.5. The Hall–Kier alpha value is -2.83. The van der Waals surface area contributed by atoms with Crippen LogP contribution in [0.25, 0.3) is 0 Å². The van der Waals surface area contributed by atoms with E-state index in [9.17, 15) is 9.59 Å². The molecule has 2 aliphatic rings. The van der Waals surface area contributed by atoms with Crippen molar-refractivity contribution in [1.29, 1.82) is 0 Å². The molecule has 0 spiro atoms. The number of nitrogens with one attached hydrogen (secondary N) is 1. The van der Waals surface area contributed by atoms with E-state index in [2.05, 4.69) is 15.4 Å². The summed E-state index contributed by atoms with van der Waals surface area (Å²) in [5.74, 6) is 0.114. The Morgan fingerprint density at radius 1 is 1.29 bits per heavy atom. The first kappa shape index (κ1) is 14.7. The number of anilines is 3. The molecule has 0 radical (unpaired) electrons. The van der Waals surface area contributed by atoms with Gasteiger partial charge in [0.15, 0.2) is 0 Å². The maximum absolute atomic E-state index is 12.4. The van der Waals surface area contributed by atoms with Gasteiger partial charge in [0.1, 0.15) is 6.04 Å². The number of nitrogens with zero attached hydrogens (tertiary/aromatic N) is 3. The SMILES string of the molecule is CC1C(=O)N(C)c2ccc(C(=O)Nc3ccno3)cc2N1C1CC1. The number of hydrogen-bond donors (Lipinski definition) is 1. The zero-order chi connectivity index (χ0) is 16.8. The summed E-state index contributed by atoms with van der Waals surface area (Å²) in [6.07, 6.45) is 3.63. The first-order chi connectivity index (χ1) is 11.6. The molecule has 1 fully saturated rings. The fraction of sp³-hybridized carbons (Fsp3) is 0.353. The summed E-state index contributed by atoms with van der Waals surface area (Å²) in [7, 11) is 1.77. The Morgan fingerprint density at radius 3 is 2.75 bits per heavy atom. The summed E-state index contributed by atoms with van der Waals surface area (Å²) < 4.78 is 4.91. The van der Waals surface area contributed by atoms with Crippen LogP contribution in [-0.4, -0.2) is 36.1 Å². The molecule has 4 rings (SSSR count). The highest BCUT2D eigenvalue weighted by Crippen LogP contribution is 2.42. The number of likely N-dealkylation sites (N-methyl/N-ethyl adjacent to an activating group) is 1. The van der Waals surface area contributed by atoms with Crippen LogP contribution in [0.2, 0.25) is 0 Å². The molecule has 1 aliphatic heterocycles. The monoisotopic (exact) mass is 326 g/mol. The summed E-state index contributed by atoms with van der Waals surface area (Å²) in [6.45, 7) is 1.92. The molecule has 1 aromatic heterocycles. The van der Waals surface area contributed by atoms with Crippen molar-refractivity contribution in [3.05, 3.63) is 36.0 Å². The number of rotatable bonds is 3. The molecule has 0 bridgehead atoms. The zero-order valence-corrected chi connectivity index (χ0v) is 13.5. The molecule has 2 aromatic rings. The number of carbonyl (C=O) groups is 2. The van der Waals surface area contributed by atoms with Gasteiger partial charge >= 0.3 is 0 Å². The second kappa shape index (κ2) is 5.36. The second-order valence-electron chi connectivity index (χ2n) is 6.25. The van der Waals surface area contributed by atoms with Gasteiger partial charge in [0, 0.05) is 24.7 Å². The van der Waals surface area contributed by atoms with Gasteiger partial charge < -0.3 is 14.3 Å². The van der Waals surface area contributed by atoms with Crippen LogP contribution in [0.4, 0.5) is 17.3 Å². The number of carbonyl (C=O) groups excluding carboxylic acids is 2. The quantitative estimate of drug-likeness (QED) is 0.936. The smallest absolute Gasteiger partial charge is 0.258 e. The van der Waals surface area contributed by atoms with Crippen LogP contribution < -0.4 is 15.1 Å². The molecule has 1 N–H and O–H groups in total. The summed E-state index contributed by atoms with van der Waals surface area (Å²) in [4.78, 5) is 28.7. The third-order valence-electron chi connectivity index (χ3n) is 4.60. The number of fused-ring (bicyclic) bond motifs is 1. The van der Waals surface area contributed by atoms with Crippen molar-refractivity contribution in [3.63, 3.8) is 0 Å². The minimum Gasteiger partial charge on any atom is -0.355 e. The third-order valence-corrected chi connectivity index (χ3v) is 4.60. The van der Waals surface area contributed by atoms with E-state index in [-0.39, 0.29) is 17.9 Å². The average Bonchev–Trinajstić information content (AvgIpc) is 3.28. The van der Waals surface area contributed by atoms with Gasteiger partial charge in [-0.2, -0.15) is 0 Å². The fourth-order valence-electron chi connectivity index (χ4n) is 3.21. The van der Waals surface area contributed by atoms with E-state index >= 15 is 0 Å². The molecule has 1 aliphatic carbocycles. The lowest BCUT2D eigenvalue weighted by atomic mass is 10.0. The maximum atomic E-state index is 12.4. The Balaban J connectivity index is 1.70. The van der Waals surface area contributed by atoms with Gasteiger partial charge in [-0.3, -0.25) is 14.9 Å². The molecule has 0 saturated heterocycles. The highest BCUT2D eigenvalue weighted by molar-refractivity contribution is 6.08.